The summed E-state index contributed by atoms with van der Waals surface area (Å²) in [5.74, 6) is 1.04. The maximum Gasteiger partial charge on any atom is 0.472 e. The van der Waals surface area contributed by atoms with Crippen molar-refractivity contribution in [3.05, 3.63) is 0 Å². The summed E-state index contributed by atoms with van der Waals surface area (Å²) in [6.07, 6.45) is 56.8. The molecule has 0 aliphatic carbocycles. The van der Waals surface area contributed by atoms with Crippen molar-refractivity contribution in [2.45, 2.75) is 433 Å². The summed E-state index contributed by atoms with van der Waals surface area (Å²) >= 11 is 0. The Bertz CT molecular complexity index is 1960. The van der Waals surface area contributed by atoms with E-state index in [4.69, 9.17) is 37.0 Å². The van der Waals surface area contributed by atoms with Crippen LogP contribution in [0.15, 0.2) is 0 Å². The second-order valence-corrected chi connectivity index (χ2v) is 33.5. The van der Waals surface area contributed by atoms with Crippen molar-refractivity contribution in [3.63, 3.8) is 0 Å². The molecule has 0 rings (SSSR count). The third kappa shape index (κ3) is 71.7. The Morgan fingerprint density at radius 1 is 0.280 bits per heavy atom. The van der Waals surface area contributed by atoms with Crippen molar-refractivity contribution in [2.75, 3.05) is 39.6 Å². The van der Waals surface area contributed by atoms with Crippen molar-refractivity contribution in [2.24, 2.45) is 23.7 Å². The van der Waals surface area contributed by atoms with Gasteiger partial charge in [-0.25, -0.2) is 9.13 Å². The highest BCUT2D eigenvalue weighted by atomic mass is 31.2. The van der Waals surface area contributed by atoms with Gasteiger partial charge in [-0.15, -0.1) is 0 Å². The van der Waals surface area contributed by atoms with Gasteiger partial charge in [0.15, 0.2) is 12.2 Å². The molecular weight excluding hydrogens is 1310 g/mol. The molecule has 19 heteroatoms. The van der Waals surface area contributed by atoms with Crippen molar-refractivity contribution >= 4 is 39.5 Å². The fraction of sp³-hybridized carbons (Fsp3) is 0.951. The fourth-order valence-corrected chi connectivity index (χ4v) is 13.9. The number of unbranched alkanes of at least 4 members (excludes halogenated alkanes) is 42. The Hall–Kier alpha value is -1.94. The third-order valence-corrected chi connectivity index (χ3v) is 21.4. The number of hydrogen-bond donors (Lipinski definition) is 3. The van der Waals surface area contributed by atoms with E-state index in [9.17, 15) is 43.2 Å². The smallest absolute Gasteiger partial charge is 0.462 e. The minimum Gasteiger partial charge on any atom is -0.462 e. The van der Waals surface area contributed by atoms with Gasteiger partial charge in [0.2, 0.25) is 0 Å². The van der Waals surface area contributed by atoms with Gasteiger partial charge in [0, 0.05) is 25.7 Å². The molecule has 0 radical (unpaired) electrons. The van der Waals surface area contributed by atoms with E-state index in [1.807, 2.05) is 0 Å². The first-order valence-corrected chi connectivity index (χ1v) is 44.8. The van der Waals surface area contributed by atoms with Crippen molar-refractivity contribution in [1.29, 1.82) is 0 Å². The van der Waals surface area contributed by atoms with Gasteiger partial charge < -0.3 is 33.8 Å². The van der Waals surface area contributed by atoms with E-state index >= 15 is 0 Å². The van der Waals surface area contributed by atoms with Gasteiger partial charge in [-0.05, 0) is 49.4 Å². The molecule has 3 N–H and O–H groups in total. The average molecular weight is 1470 g/mol. The number of phosphoric ester groups is 2. The second-order valence-electron chi connectivity index (χ2n) is 30.6. The average Bonchev–Trinajstić information content (AvgIpc) is 0.957. The summed E-state index contributed by atoms with van der Waals surface area (Å²) < 4.78 is 68.7. The van der Waals surface area contributed by atoms with Crippen LogP contribution in [0.4, 0.5) is 0 Å². The topological polar surface area (TPSA) is 237 Å². The maximum absolute atomic E-state index is 13.1. The Balaban J connectivity index is 5.22. The van der Waals surface area contributed by atoms with Crippen LogP contribution in [0.5, 0.6) is 0 Å². The molecule has 594 valence electrons. The first-order valence-electron chi connectivity index (χ1n) is 41.8. The molecule has 4 unspecified atom stereocenters. The number of carbonyl (C=O) groups is 4. The molecule has 0 aliphatic heterocycles. The molecule has 0 aromatic rings. The van der Waals surface area contributed by atoms with Crippen LogP contribution < -0.4 is 0 Å². The van der Waals surface area contributed by atoms with Gasteiger partial charge in [-0.1, -0.05) is 364 Å². The Kier molecular flexibility index (Phi) is 68.7. The first-order chi connectivity index (χ1) is 48.2. The minimum atomic E-state index is -4.96. The van der Waals surface area contributed by atoms with E-state index < -0.39 is 97.5 Å². The molecule has 0 aromatic carbocycles. The summed E-state index contributed by atoms with van der Waals surface area (Å²) in [5.41, 5.74) is 0. The molecule has 0 saturated heterocycles. The molecule has 0 aliphatic rings. The molecule has 0 spiro atoms. The zero-order chi connectivity index (χ0) is 73.8. The summed E-state index contributed by atoms with van der Waals surface area (Å²) in [5, 5.41) is 10.6. The van der Waals surface area contributed by atoms with E-state index in [0.717, 1.165) is 114 Å². The monoisotopic (exact) mass is 1470 g/mol. The van der Waals surface area contributed by atoms with E-state index in [0.29, 0.717) is 25.7 Å². The van der Waals surface area contributed by atoms with Gasteiger partial charge in [0.05, 0.1) is 26.4 Å². The summed E-state index contributed by atoms with van der Waals surface area (Å²) in [7, 11) is -9.92. The van der Waals surface area contributed by atoms with E-state index in [1.54, 1.807) is 0 Å². The highest BCUT2D eigenvalue weighted by Crippen LogP contribution is 2.45. The number of hydrogen-bond acceptors (Lipinski definition) is 15. The van der Waals surface area contributed by atoms with E-state index in [-0.39, 0.29) is 25.7 Å². The van der Waals surface area contributed by atoms with Gasteiger partial charge >= 0.3 is 39.5 Å². The lowest BCUT2D eigenvalue weighted by atomic mass is 9.99. The van der Waals surface area contributed by atoms with Crippen molar-refractivity contribution in [3.8, 4) is 0 Å². The Morgan fingerprint density at radius 2 is 0.480 bits per heavy atom. The Morgan fingerprint density at radius 3 is 0.710 bits per heavy atom. The zero-order valence-electron chi connectivity index (χ0n) is 65.8. The normalized spacial score (nSPS) is 14.6. The molecule has 0 saturated carbocycles. The SMILES string of the molecule is CCC(C)CCCCCCCCCCCCCCCCCCCCC(=O)O[C@H](COC(=O)CCCCCCCCCCCCC(C)C)COP(=O)(O)OC[C@@H](O)COP(=O)(O)OC[C@@H](COC(=O)CCCCCCCCCCC(C)CC)OC(=O)CCCCCCCCCCCCC(C)C. The first kappa shape index (κ1) is 98.1. The lowest BCUT2D eigenvalue weighted by Gasteiger charge is -2.21. The standard InChI is InChI=1S/C81H158O17P2/c1-9-73(7)59-51-43-35-27-19-17-15-13-11-12-14-16-18-20-29-39-47-55-63-80(85)97-76(67-91-78(83)61-53-45-37-28-23-21-25-33-41-49-57-71(3)4)69-95-99(87,88)93-65-75(82)66-94-100(89,90)96-70-77(68-92-79(84)62-54-46-38-32-31-36-44-52-60-74(8)10-2)98-81(86)64-56-48-40-30-24-22-26-34-42-50-58-72(5)6/h71-77,82H,9-70H2,1-8H3,(H,87,88)(H,89,90)/t73?,74?,75-,76-,77-/m1/s1. The summed E-state index contributed by atoms with van der Waals surface area (Å²) in [6.45, 7) is 14.3. The quantitative estimate of drug-likeness (QED) is 0.0222. The molecule has 7 atom stereocenters. The van der Waals surface area contributed by atoms with Gasteiger partial charge in [-0.2, -0.15) is 0 Å². The number of phosphoric acid groups is 2. The lowest BCUT2D eigenvalue weighted by Crippen LogP contribution is -2.30. The molecule has 0 aromatic heterocycles. The number of rotatable bonds is 78. The van der Waals surface area contributed by atoms with Crippen molar-refractivity contribution in [1.82, 2.24) is 0 Å². The van der Waals surface area contributed by atoms with Crippen LogP contribution in [0.3, 0.4) is 0 Å². The van der Waals surface area contributed by atoms with E-state index in [2.05, 4.69) is 55.4 Å². The lowest BCUT2D eigenvalue weighted by molar-refractivity contribution is -0.161. The van der Waals surface area contributed by atoms with Gasteiger partial charge in [0.25, 0.3) is 0 Å². The van der Waals surface area contributed by atoms with Crippen LogP contribution in [0.1, 0.15) is 415 Å². The molecule has 17 nitrogen and oxygen atoms in total. The Labute approximate surface area is 613 Å². The summed E-state index contributed by atoms with van der Waals surface area (Å²) in [4.78, 5) is 73.0. The highest BCUT2D eigenvalue weighted by molar-refractivity contribution is 7.47. The van der Waals surface area contributed by atoms with Crippen LogP contribution in [0.2, 0.25) is 0 Å². The minimum absolute atomic E-state index is 0.105. The van der Waals surface area contributed by atoms with Crippen LogP contribution in [0.25, 0.3) is 0 Å². The largest absolute Gasteiger partial charge is 0.472 e. The predicted octanol–water partition coefficient (Wildman–Crippen LogP) is 24.0. The number of aliphatic hydroxyl groups is 1. The molecule has 0 bridgehead atoms. The van der Waals surface area contributed by atoms with Gasteiger partial charge in [-0.3, -0.25) is 37.3 Å². The number of aliphatic hydroxyl groups excluding tert-OH is 1. The molecule has 100 heavy (non-hydrogen) atoms. The van der Waals surface area contributed by atoms with Crippen molar-refractivity contribution < 1.29 is 80.2 Å². The number of esters is 4. The molecule has 0 fully saturated rings. The molecule has 0 heterocycles. The highest BCUT2D eigenvalue weighted by Gasteiger charge is 2.30. The molecular formula is C81H158O17P2. The van der Waals surface area contributed by atoms with Crippen LogP contribution in [0, 0.1) is 23.7 Å². The van der Waals surface area contributed by atoms with Crippen LogP contribution >= 0.6 is 15.6 Å². The maximum atomic E-state index is 13.1. The number of ether oxygens (including phenoxy) is 4. The van der Waals surface area contributed by atoms with Gasteiger partial charge in [0.1, 0.15) is 19.3 Å². The van der Waals surface area contributed by atoms with Crippen LogP contribution in [-0.2, 0) is 65.4 Å². The van der Waals surface area contributed by atoms with Crippen LogP contribution in [-0.4, -0.2) is 96.7 Å². The summed E-state index contributed by atoms with van der Waals surface area (Å²) in [6, 6.07) is 0. The third-order valence-electron chi connectivity index (χ3n) is 19.5. The zero-order valence-corrected chi connectivity index (χ0v) is 67.6. The fourth-order valence-electron chi connectivity index (χ4n) is 12.4. The predicted molar refractivity (Wildman–Crippen MR) is 409 cm³/mol. The second kappa shape index (κ2) is 70.1. The number of carbonyl (C=O) groups excluding carboxylic acids is 4. The molecule has 0 amide bonds. The van der Waals surface area contributed by atoms with E-state index in [1.165, 1.54) is 218 Å².